The van der Waals surface area contributed by atoms with Gasteiger partial charge in [0.15, 0.2) is 11.7 Å². The number of hydrogen-bond donors (Lipinski definition) is 11. The van der Waals surface area contributed by atoms with E-state index in [4.69, 9.17) is 11.1 Å². The zero-order valence-corrected chi connectivity index (χ0v) is 36.0. The Labute approximate surface area is 355 Å². The lowest BCUT2D eigenvalue weighted by molar-refractivity contribution is -0.118. The van der Waals surface area contributed by atoms with Gasteiger partial charge in [0, 0.05) is 29.8 Å². The Kier molecular flexibility index (Phi) is 17.9. The lowest BCUT2D eigenvalue weighted by Gasteiger charge is -2.54. The van der Waals surface area contributed by atoms with Crippen LogP contribution in [0, 0.1) is 40.4 Å². The maximum atomic E-state index is 12.8. The topological polar surface area (TPSA) is 261 Å². The van der Waals surface area contributed by atoms with Crippen molar-refractivity contribution in [1.82, 2.24) is 10.2 Å². The minimum absolute atomic E-state index is 0.0272. The first-order chi connectivity index (χ1) is 28.3. The number of nitrogens with two attached hydrogens (primary N) is 1. The molecule has 0 aromatic heterocycles. The molecular formula is C46H72N4O10. The Morgan fingerprint density at radius 1 is 1.00 bits per heavy atom. The van der Waals surface area contributed by atoms with Gasteiger partial charge in [0.05, 0.1) is 49.3 Å². The van der Waals surface area contributed by atoms with E-state index < -0.39 is 65.8 Å². The second kappa shape index (κ2) is 21.9. The fourth-order valence-corrected chi connectivity index (χ4v) is 9.89. The summed E-state index contributed by atoms with van der Waals surface area (Å²) < 4.78 is 0. The second-order valence-corrected chi connectivity index (χ2v) is 18.0. The van der Waals surface area contributed by atoms with Crippen LogP contribution in [0.3, 0.4) is 0 Å². The summed E-state index contributed by atoms with van der Waals surface area (Å²) in [5.74, 6) is -3.01. The van der Waals surface area contributed by atoms with Gasteiger partial charge in [-0.1, -0.05) is 75.0 Å². The third-order valence-electron chi connectivity index (χ3n) is 13.7. The van der Waals surface area contributed by atoms with Crippen LogP contribution in [0.1, 0.15) is 98.8 Å². The maximum Gasteiger partial charge on any atom is 0.258 e. The van der Waals surface area contributed by atoms with E-state index in [1.807, 2.05) is 38.7 Å². The summed E-state index contributed by atoms with van der Waals surface area (Å²) in [5, 5.41) is 96.8. The van der Waals surface area contributed by atoms with E-state index in [0.717, 1.165) is 25.0 Å². The molecule has 4 rings (SSSR count). The summed E-state index contributed by atoms with van der Waals surface area (Å²) in [6.07, 6.45) is 12.9. The van der Waals surface area contributed by atoms with E-state index in [2.05, 4.69) is 5.32 Å². The van der Waals surface area contributed by atoms with Crippen LogP contribution >= 0.6 is 0 Å². The van der Waals surface area contributed by atoms with Crippen LogP contribution in [0.15, 0.2) is 71.1 Å². The molecule has 2 heterocycles. The standard InChI is InChI=1S/C46H72N4O10/c1-26(37(54)13-7-11-31(51)10-6-12-33(53)24-30-9-8-22-50(30)45(47)48)14-17-32(52)18-15-27(2)41(57)28(3)16-19-35-29(4)23-34-36(20-21-38(55)42(34)58)46(35,5)43(59)40-39(56)25-49-44(40)60/h6-7,10,13-15,17,23,26,28,30-38,41-42,51-55,57-59H,8-9,11-12,16,18-22,24-25H2,1-5H3,(H3,47,48)(H,49,60)/b10-6+,13-7+,17-14+,27-15+,43-40?/t26-,28-,30+,31+,32+,33-,34-,35+,36-,37+,38+,41+,42-,46+/m0/s1. The van der Waals surface area contributed by atoms with E-state index in [1.54, 1.807) is 49.5 Å². The minimum Gasteiger partial charge on any atom is -0.511 e. The molecule has 4 aliphatic rings. The fraction of sp³-hybridized carbons (Fsp3) is 0.674. The predicted octanol–water partition coefficient (Wildman–Crippen LogP) is 3.22. The first-order valence-corrected chi connectivity index (χ1v) is 21.8. The van der Waals surface area contributed by atoms with Crippen LogP contribution in [0.4, 0.5) is 0 Å². The molecule has 14 atom stereocenters. The van der Waals surface area contributed by atoms with Crippen LogP contribution in [-0.4, -0.2) is 125 Å². The van der Waals surface area contributed by atoms with E-state index in [9.17, 15) is 50.4 Å². The molecule has 14 nitrogen and oxygen atoms in total. The number of carbonyl (C=O) groups is 2. The highest BCUT2D eigenvalue weighted by atomic mass is 16.3. The lowest BCUT2D eigenvalue weighted by Crippen LogP contribution is -2.53. The number of aliphatic hydroxyl groups is 8. The van der Waals surface area contributed by atoms with Gasteiger partial charge in [0.2, 0.25) is 0 Å². The first kappa shape index (κ1) is 49.0. The van der Waals surface area contributed by atoms with E-state index in [1.165, 1.54) is 0 Å². The lowest BCUT2D eigenvalue weighted by atomic mass is 9.51. The maximum absolute atomic E-state index is 12.8. The summed E-state index contributed by atoms with van der Waals surface area (Å²) >= 11 is 0. The molecule has 3 fully saturated rings. The van der Waals surface area contributed by atoms with E-state index in [0.29, 0.717) is 44.1 Å². The molecule has 0 radical (unpaired) electrons. The SMILES string of the molecule is CC1=C[C@@H]2[C@H](O)[C@H](O)CC[C@@H]2[C@](C)(C(O)=C2C(=O)CNC2=O)[C@@H]1CC[C@H](C)[C@H](O)/C(C)=C/C[C@H](O)/C=C/[C@H](C)[C@H](O)/C=C/C[C@H](O)/C=C/C[C@H](O)C[C@H]1CCCN1C(=N)N. The van der Waals surface area contributed by atoms with Crippen molar-refractivity contribution in [3.05, 3.63) is 71.1 Å². The molecular weight excluding hydrogens is 769 g/mol. The number of nitrogens with one attached hydrogen (secondary N) is 2. The summed E-state index contributed by atoms with van der Waals surface area (Å²) in [6.45, 7) is 9.83. The van der Waals surface area contributed by atoms with Crippen LogP contribution in [-0.2, 0) is 9.59 Å². The number of carbonyl (C=O) groups excluding carboxylic acids is 2. The normalized spacial score (nSPS) is 32.2. The smallest absolute Gasteiger partial charge is 0.258 e. The Hall–Kier alpha value is -3.63. The summed E-state index contributed by atoms with van der Waals surface area (Å²) in [4.78, 5) is 27.3. The van der Waals surface area contributed by atoms with Crippen LogP contribution in [0.25, 0.3) is 0 Å². The molecule has 12 N–H and O–H groups in total. The molecule has 2 saturated heterocycles. The summed E-state index contributed by atoms with van der Waals surface area (Å²) in [7, 11) is 0. The number of rotatable bonds is 19. The predicted molar refractivity (Wildman–Crippen MR) is 230 cm³/mol. The number of fused-ring (bicyclic) bond motifs is 1. The number of nitrogens with zero attached hydrogens (tertiary/aromatic N) is 1. The van der Waals surface area contributed by atoms with E-state index >= 15 is 0 Å². The zero-order chi connectivity index (χ0) is 44.5. The number of Topliss-reactive ketones (excluding diaryl/α,β-unsaturated/α-hetero) is 1. The van der Waals surface area contributed by atoms with Crippen molar-refractivity contribution in [2.75, 3.05) is 13.1 Å². The van der Waals surface area contributed by atoms with Gasteiger partial charge < -0.3 is 56.8 Å². The number of likely N-dealkylation sites (tertiary alicyclic amines) is 1. The number of guanidine groups is 1. The van der Waals surface area contributed by atoms with Gasteiger partial charge in [0.1, 0.15) is 11.3 Å². The van der Waals surface area contributed by atoms with Gasteiger partial charge in [-0.15, -0.1) is 0 Å². The van der Waals surface area contributed by atoms with Crippen LogP contribution in [0.5, 0.6) is 0 Å². The molecule has 60 heavy (non-hydrogen) atoms. The molecule has 1 amide bonds. The van der Waals surface area contributed by atoms with Crippen molar-refractivity contribution < 1.29 is 50.4 Å². The highest BCUT2D eigenvalue weighted by molar-refractivity contribution is 6.25. The summed E-state index contributed by atoms with van der Waals surface area (Å²) in [5.41, 5.74) is 5.87. The zero-order valence-electron chi connectivity index (χ0n) is 36.0. The van der Waals surface area contributed by atoms with E-state index in [-0.39, 0.29) is 66.4 Å². The molecule has 2 aliphatic heterocycles. The number of allylic oxidation sites excluding steroid dienone is 2. The Morgan fingerprint density at radius 3 is 2.35 bits per heavy atom. The minimum atomic E-state index is -1.08. The Bertz CT molecular complexity index is 1670. The molecule has 336 valence electrons. The van der Waals surface area contributed by atoms with Crippen molar-refractivity contribution >= 4 is 17.6 Å². The number of amides is 1. The average Bonchev–Trinajstić information content (AvgIpc) is 3.81. The third-order valence-corrected chi connectivity index (χ3v) is 13.7. The van der Waals surface area contributed by atoms with Crippen molar-refractivity contribution in [3.63, 3.8) is 0 Å². The molecule has 0 unspecified atom stereocenters. The summed E-state index contributed by atoms with van der Waals surface area (Å²) in [6, 6.07) is 0.0535. The quantitative estimate of drug-likeness (QED) is 0.0224. The molecule has 1 saturated carbocycles. The highest BCUT2D eigenvalue weighted by Crippen LogP contribution is 2.58. The van der Waals surface area contributed by atoms with Gasteiger partial charge in [-0.3, -0.25) is 15.0 Å². The monoisotopic (exact) mass is 841 g/mol. The van der Waals surface area contributed by atoms with Gasteiger partial charge in [-0.2, -0.15) is 0 Å². The van der Waals surface area contributed by atoms with Gasteiger partial charge in [-0.25, -0.2) is 0 Å². The average molecular weight is 841 g/mol. The molecule has 0 bridgehead atoms. The molecule has 14 heteroatoms. The fourth-order valence-electron chi connectivity index (χ4n) is 9.89. The molecule has 0 aromatic carbocycles. The van der Waals surface area contributed by atoms with Crippen LogP contribution < -0.4 is 11.1 Å². The largest absolute Gasteiger partial charge is 0.511 e. The molecule has 2 aliphatic carbocycles. The molecule has 0 spiro atoms. The first-order valence-electron chi connectivity index (χ1n) is 21.8. The van der Waals surface area contributed by atoms with Crippen molar-refractivity contribution in [3.8, 4) is 0 Å². The van der Waals surface area contributed by atoms with Crippen LogP contribution in [0.2, 0.25) is 0 Å². The Balaban J connectivity index is 1.26. The number of hydrogen-bond acceptors (Lipinski definition) is 11. The molecule has 0 aromatic rings. The van der Waals surface area contributed by atoms with Gasteiger partial charge in [-0.05, 0) is 101 Å². The van der Waals surface area contributed by atoms with Gasteiger partial charge >= 0.3 is 0 Å². The Morgan fingerprint density at radius 2 is 1.68 bits per heavy atom. The third kappa shape index (κ3) is 12.0. The van der Waals surface area contributed by atoms with Gasteiger partial charge in [0.25, 0.3) is 5.91 Å². The number of ketones is 1. The van der Waals surface area contributed by atoms with Crippen molar-refractivity contribution in [2.45, 2.75) is 148 Å². The van der Waals surface area contributed by atoms with Crippen molar-refractivity contribution in [2.24, 2.45) is 40.7 Å². The van der Waals surface area contributed by atoms with Crippen molar-refractivity contribution in [1.29, 1.82) is 5.41 Å². The number of aliphatic hydroxyl groups excluding tert-OH is 8. The second-order valence-electron chi connectivity index (χ2n) is 18.0. The highest BCUT2D eigenvalue weighted by Gasteiger charge is 2.56.